The van der Waals surface area contributed by atoms with Crippen molar-refractivity contribution in [1.29, 1.82) is 0 Å². The number of ketones is 1. The third-order valence-corrected chi connectivity index (χ3v) is 5.75. The lowest BCUT2D eigenvalue weighted by Gasteiger charge is -2.14. The Morgan fingerprint density at radius 2 is 1.27 bits per heavy atom. The lowest BCUT2D eigenvalue weighted by atomic mass is 9.92. The highest BCUT2D eigenvalue weighted by molar-refractivity contribution is 6.28. The van der Waals surface area contributed by atoms with Crippen molar-refractivity contribution in [3.8, 4) is 22.3 Å². The molecular formula is C29H25NO3. The van der Waals surface area contributed by atoms with Crippen LogP contribution in [0.4, 0.5) is 5.69 Å². The van der Waals surface area contributed by atoms with Gasteiger partial charge < -0.3 is 0 Å². The van der Waals surface area contributed by atoms with Gasteiger partial charge in [0.2, 0.25) is 0 Å². The van der Waals surface area contributed by atoms with Crippen LogP contribution in [-0.4, -0.2) is 17.6 Å². The van der Waals surface area contributed by atoms with Gasteiger partial charge in [-0.05, 0) is 64.9 Å². The normalized spacial score (nSPS) is 13.0. The van der Waals surface area contributed by atoms with Gasteiger partial charge in [-0.3, -0.25) is 14.4 Å². The molecule has 1 aliphatic rings. The van der Waals surface area contributed by atoms with Crippen molar-refractivity contribution in [3.05, 3.63) is 102 Å². The Hall–Kier alpha value is -4.05. The molecule has 0 aliphatic carbocycles. The fourth-order valence-corrected chi connectivity index (χ4v) is 4.00. The van der Waals surface area contributed by atoms with E-state index in [1.54, 1.807) is 19.1 Å². The molecule has 4 heteroatoms. The Kier molecular flexibility index (Phi) is 6.18. The maximum absolute atomic E-state index is 12.7. The summed E-state index contributed by atoms with van der Waals surface area (Å²) in [6.45, 7) is 7.68. The Bertz CT molecular complexity index is 1260. The summed E-state index contributed by atoms with van der Waals surface area (Å²) in [5.74, 6) is -0.666. The van der Waals surface area contributed by atoms with Crippen LogP contribution in [0.5, 0.6) is 0 Å². The molecule has 0 radical (unpaired) electrons. The van der Waals surface area contributed by atoms with Gasteiger partial charge in [-0.25, -0.2) is 4.90 Å². The van der Waals surface area contributed by atoms with E-state index in [4.69, 9.17) is 0 Å². The number of hydrogen-bond donors (Lipinski definition) is 0. The number of carbonyl (C=O) groups is 3. The third kappa shape index (κ3) is 4.46. The minimum absolute atomic E-state index is 0.0119. The van der Waals surface area contributed by atoms with Gasteiger partial charge in [-0.15, -0.1) is 0 Å². The molecule has 0 spiro atoms. The lowest BCUT2D eigenvalue weighted by Crippen LogP contribution is -2.29. The zero-order valence-electron chi connectivity index (χ0n) is 18.8. The highest BCUT2D eigenvalue weighted by Crippen LogP contribution is 2.29. The van der Waals surface area contributed by atoms with Crippen LogP contribution in [0.15, 0.2) is 91.0 Å². The van der Waals surface area contributed by atoms with E-state index in [0.717, 1.165) is 51.1 Å². The average molecular weight is 436 g/mol. The summed E-state index contributed by atoms with van der Waals surface area (Å²) in [6, 6.07) is 21.5. The minimum Gasteiger partial charge on any atom is -0.289 e. The number of allylic oxidation sites excluding steroid dienone is 1. The summed E-state index contributed by atoms with van der Waals surface area (Å²) in [6.07, 6.45) is 4.38. The van der Waals surface area contributed by atoms with Crippen molar-refractivity contribution in [2.75, 3.05) is 4.90 Å². The summed E-state index contributed by atoms with van der Waals surface area (Å²) in [5, 5.41) is 0. The van der Waals surface area contributed by atoms with Crippen LogP contribution in [0.25, 0.3) is 22.3 Å². The van der Waals surface area contributed by atoms with Gasteiger partial charge in [0.25, 0.3) is 11.8 Å². The number of rotatable bonds is 7. The molecule has 0 saturated carbocycles. The van der Waals surface area contributed by atoms with Crippen molar-refractivity contribution < 1.29 is 14.4 Å². The molecule has 2 amide bonds. The van der Waals surface area contributed by atoms with Crippen LogP contribution in [-0.2, 0) is 16.0 Å². The van der Waals surface area contributed by atoms with Crippen molar-refractivity contribution in [3.63, 3.8) is 0 Å². The minimum atomic E-state index is -0.327. The number of nitrogens with zero attached hydrogens (tertiary/aromatic N) is 1. The van der Waals surface area contributed by atoms with E-state index < -0.39 is 0 Å². The van der Waals surface area contributed by atoms with Gasteiger partial charge in [0.1, 0.15) is 0 Å². The smallest absolute Gasteiger partial charge is 0.258 e. The van der Waals surface area contributed by atoms with E-state index in [0.29, 0.717) is 11.3 Å². The molecule has 0 aromatic heterocycles. The summed E-state index contributed by atoms with van der Waals surface area (Å²) >= 11 is 0. The number of hydrogen-bond acceptors (Lipinski definition) is 3. The first-order valence-corrected chi connectivity index (χ1v) is 11.0. The molecule has 4 nitrogen and oxygen atoms in total. The van der Waals surface area contributed by atoms with E-state index in [-0.39, 0.29) is 17.6 Å². The van der Waals surface area contributed by atoms with E-state index in [2.05, 4.69) is 19.6 Å². The van der Waals surface area contributed by atoms with Crippen molar-refractivity contribution in [2.45, 2.75) is 26.7 Å². The molecular weight excluding hydrogens is 410 g/mol. The van der Waals surface area contributed by atoms with Crippen molar-refractivity contribution in [2.24, 2.45) is 0 Å². The van der Waals surface area contributed by atoms with Crippen LogP contribution in [0, 0.1) is 0 Å². The predicted molar refractivity (Wildman–Crippen MR) is 132 cm³/mol. The fourth-order valence-electron chi connectivity index (χ4n) is 4.00. The van der Waals surface area contributed by atoms with Crippen LogP contribution in [0.3, 0.4) is 0 Å². The van der Waals surface area contributed by atoms with Gasteiger partial charge in [-0.2, -0.15) is 0 Å². The summed E-state index contributed by atoms with van der Waals surface area (Å²) in [7, 11) is 0. The summed E-state index contributed by atoms with van der Waals surface area (Å²) < 4.78 is 0. The second-order valence-electron chi connectivity index (χ2n) is 8.20. The Balaban J connectivity index is 1.59. The zero-order valence-corrected chi connectivity index (χ0v) is 18.8. The molecule has 164 valence electrons. The van der Waals surface area contributed by atoms with E-state index >= 15 is 0 Å². The van der Waals surface area contributed by atoms with Gasteiger partial charge in [0.05, 0.1) is 5.69 Å². The van der Waals surface area contributed by atoms with E-state index in [1.165, 1.54) is 12.2 Å². The molecule has 0 N–H and O–H groups in total. The van der Waals surface area contributed by atoms with Crippen molar-refractivity contribution in [1.82, 2.24) is 0 Å². The van der Waals surface area contributed by atoms with E-state index in [9.17, 15) is 14.4 Å². The first-order valence-electron chi connectivity index (χ1n) is 11.0. The van der Waals surface area contributed by atoms with Crippen LogP contribution in [0.1, 0.15) is 36.2 Å². The Labute approximate surface area is 193 Å². The lowest BCUT2D eigenvalue weighted by molar-refractivity contribution is -0.119. The predicted octanol–water partition coefficient (Wildman–Crippen LogP) is 6.16. The number of imide groups is 1. The highest BCUT2D eigenvalue weighted by Gasteiger charge is 2.24. The highest BCUT2D eigenvalue weighted by atomic mass is 16.2. The zero-order chi connectivity index (χ0) is 23.5. The maximum Gasteiger partial charge on any atom is 0.258 e. The molecule has 0 atom stereocenters. The first-order chi connectivity index (χ1) is 15.9. The van der Waals surface area contributed by atoms with Crippen LogP contribution < -0.4 is 4.90 Å². The maximum atomic E-state index is 12.7. The molecule has 0 fully saturated rings. The largest absolute Gasteiger partial charge is 0.289 e. The molecule has 3 aromatic carbocycles. The van der Waals surface area contributed by atoms with Gasteiger partial charge in [0.15, 0.2) is 5.78 Å². The van der Waals surface area contributed by atoms with Gasteiger partial charge in [-0.1, -0.05) is 68.5 Å². The summed E-state index contributed by atoms with van der Waals surface area (Å²) in [4.78, 5) is 37.6. The Morgan fingerprint density at radius 3 is 1.79 bits per heavy atom. The number of anilines is 1. The van der Waals surface area contributed by atoms with Crippen molar-refractivity contribution >= 4 is 23.3 Å². The average Bonchev–Trinajstić information content (AvgIpc) is 3.17. The molecule has 3 aromatic rings. The van der Waals surface area contributed by atoms with Gasteiger partial charge >= 0.3 is 0 Å². The number of aryl methyl sites for hydroxylation is 1. The second kappa shape index (κ2) is 9.21. The molecule has 4 rings (SSSR count). The third-order valence-electron chi connectivity index (χ3n) is 5.75. The molecule has 1 aliphatic heterocycles. The Morgan fingerprint density at radius 1 is 0.788 bits per heavy atom. The van der Waals surface area contributed by atoms with E-state index in [1.807, 2.05) is 48.5 Å². The fraction of sp³-hybridized carbons (Fsp3) is 0.138. The van der Waals surface area contributed by atoms with Gasteiger partial charge in [0, 0.05) is 17.7 Å². The number of amides is 2. The monoisotopic (exact) mass is 435 g/mol. The molecule has 33 heavy (non-hydrogen) atoms. The molecule has 0 unspecified atom stereocenters. The molecule has 0 saturated heterocycles. The molecule has 1 heterocycles. The summed E-state index contributed by atoms with van der Waals surface area (Å²) in [5.41, 5.74) is 6.87. The second-order valence-corrected chi connectivity index (χ2v) is 8.20. The number of Topliss-reactive ketones (excluding diaryl/α,β-unsaturated/α-hetero) is 1. The molecule has 0 bridgehead atoms. The quantitative estimate of drug-likeness (QED) is 0.254. The standard InChI is InChI=1S/C29H25NO3/c1-4-5-23-10-11-24(18-26(23)29(33)19(2)3)22-8-6-20(7-9-22)21-12-14-25(15-13-21)30-27(31)16-17-28(30)32/h6-18H,2,4-5H2,1,3H3. The topological polar surface area (TPSA) is 54.5 Å². The number of benzene rings is 3. The first kappa shape index (κ1) is 22.2. The number of carbonyl (C=O) groups excluding carboxylic acids is 3. The van der Waals surface area contributed by atoms with Crippen LogP contribution in [0.2, 0.25) is 0 Å². The van der Waals surface area contributed by atoms with Crippen LogP contribution >= 0.6 is 0 Å². The SMILES string of the molecule is C=C(C)C(=O)c1cc(-c2ccc(-c3ccc(N4C(=O)C=CC4=O)cc3)cc2)ccc1CCC.